The first kappa shape index (κ1) is 22.8. The summed E-state index contributed by atoms with van der Waals surface area (Å²) in [6.07, 6.45) is 3.15. The van der Waals surface area contributed by atoms with Gasteiger partial charge in [-0.2, -0.15) is 0 Å². The predicted molar refractivity (Wildman–Crippen MR) is 137 cm³/mol. The number of fused-ring (bicyclic) bond motifs is 3. The molecule has 9 heteroatoms. The van der Waals surface area contributed by atoms with Gasteiger partial charge in [0, 0.05) is 38.9 Å². The highest BCUT2D eigenvalue weighted by molar-refractivity contribution is 6.08. The van der Waals surface area contributed by atoms with Crippen molar-refractivity contribution in [2.45, 2.75) is 31.5 Å². The molecule has 4 heterocycles. The highest BCUT2D eigenvalue weighted by Crippen LogP contribution is 2.34. The number of benzene rings is 2. The van der Waals surface area contributed by atoms with E-state index in [0.717, 1.165) is 49.3 Å². The molecule has 4 aliphatic heterocycles. The third kappa shape index (κ3) is 4.07. The molecule has 4 aliphatic rings. The van der Waals surface area contributed by atoms with Gasteiger partial charge in [0.05, 0.1) is 0 Å². The molecule has 0 saturated carbocycles. The van der Waals surface area contributed by atoms with Crippen LogP contribution in [0.3, 0.4) is 0 Å². The second-order valence-corrected chi connectivity index (χ2v) is 9.83. The van der Waals surface area contributed by atoms with Gasteiger partial charge in [0.15, 0.2) is 12.2 Å². The third-order valence-corrected chi connectivity index (χ3v) is 7.59. The van der Waals surface area contributed by atoms with Crippen molar-refractivity contribution < 1.29 is 14.3 Å². The zero-order chi connectivity index (χ0) is 24.6. The van der Waals surface area contributed by atoms with Crippen LogP contribution in [0.2, 0.25) is 0 Å². The Bertz CT molecular complexity index is 1150. The van der Waals surface area contributed by atoms with Gasteiger partial charge in [0.2, 0.25) is 5.96 Å². The van der Waals surface area contributed by atoms with E-state index in [1.807, 2.05) is 54.6 Å². The molecule has 0 bridgehead atoms. The summed E-state index contributed by atoms with van der Waals surface area (Å²) < 4.78 is 5.92. The SMILES string of the molecule is CN1C(=O)N(CCN2CCCCC2)C(=O)C2C1N=C1N(c3ccc(Oc4ccccc4)cc3)CCN12. The minimum Gasteiger partial charge on any atom is -0.457 e. The minimum absolute atomic E-state index is 0.132. The van der Waals surface area contributed by atoms with Crippen molar-refractivity contribution in [3.05, 3.63) is 54.6 Å². The van der Waals surface area contributed by atoms with Gasteiger partial charge in [0.1, 0.15) is 11.5 Å². The van der Waals surface area contributed by atoms with Crippen LogP contribution in [-0.2, 0) is 4.79 Å². The summed E-state index contributed by atoms with van der Waals surface area (Å²) in [6, 6.07) is 16.9. The molecule has 2 unspecified atom stereocenters. The Kier molecular flexibility index (Phi) is 6.00. The van der Waals surface area contributed by atoms with Crippen molar-refractivity contribution >= 4 is 23.6 Å². The number of carbonyl (C=O) groups excluding carboxylic acids is 2. The topological polar surface area (TPSA) is 71.9 Å². The molecule has 0 radical (unpaired) electrons. The summed E-state index contributed by atoms with van der Waals surface area (Å²) in [4.78, 5) is 41.1. The lowest BCUT2D eigenvalue weighted by Crippen LogP contribution is -2.65. The molecule has 0 aliphatic carbocycles. The highest BCUT2D eigenvalue weighted by Gasteiger charge is 2.54. The predicted octanol–water partition coefficient (Wildman–Crippen LogP) is 3.05. The fraction of sp³-hybridized carbons (Fsp3) is 0.444. The van der Waals surface area contributed by atoms with Crippen molar-refractivity contribution in [3.8, 4) is 11.5 Å². The van der Waals surface area contributed by atoms with E-state index >= 15 is 0 Å². The number of hydrogen-bond acceptors (Lipinski definition) is 7. The van der Waals surface area contributed by atoms with Crippen LogP contribution in [-0.4, -0.2) is 96.0 Å². The molecule has 3 saturated heterocycles. The maximum absolute atomic E-state index is 13.5. The van der Waals surface area contributed by atoms with Gasteiger partial charge in [0.25, 0.3) is 5.91 Å². The number of hydrogen-bond donors (Lipinski definition) is 0. The Labute approximate surface area is 211 Å². The summed E-state index contributed by atoms with van der Waals surface area (Å²) in [5, 5.41) is 0. The molecule has 3 amide bonds. The summed E-state index contributed by atoms with van der Waals surface area (Å²) >= 11 is 0. The number of para-hydroxylation sites is 1. The number of amides is 3. The van der Waals surface area contributed by atoms with Gasteiger partial charge < -0.3 is 24.3 Å². The maximum Gasteiger partial charge on any atom is 0.328 e. The molecule has 0 aromatic heterocycles. The van der Waals surface area contributed by atoms with E-state index in [0.29, 0.717) is 13.1 Å². The first-order valence-electron chi connectivity index (χ1n) is 12.9. The Balaban J connectivity index is 1.16. The Morgan fingerprint density at radius 1 is 0.861 bits per heavy atom. The number of guanidine groups is 1. The number of imide groups is 1. The number of likely N-dealkylation sites (tertiary alicyclic amines) is 1. The molecule has 0 spiro atoms. The zero-order valence-electron chi connectivity index (χ0n) is 20.6. The van der Waals surface area contributed by atoms with E-state index in [1.54, 1.807) is 11.9 Å². The molecular weight excluding hydrogens is 456 g/mol. The fourth-order valence-corrected chi connectivity index (χ4v) is 5.63. The molecule has 6 rings (SSSR count). The van der Waals surface area contributed by atoms with Gasteiger partial charge >= 0.3 is 6.03 Å². The van der Waals surface area contributed by atoms with E-state index in [-0.39, 0.29) is 11.9 Å². The van der Waals surface area contributed by atoms with Crippen molar-refractivity contribution in [1.29, 1.82) is 0 Å². The average Bonchev–Trinajstić information content (AvgIpc) is 3.49. The molecule has 2 aromatic carbocycles. The van der Waals surface area contributed by atoms with Crippen LogP contribution in [0.25, 0.3) is 0 Å². The quantitative estimate of drug-likeness (QED) is 0.623. The number of ether oxygens (including phenoxy) is 1. The van der Waals surface area contributed by atoms with E-state index in [2.05, 4.69) is 14.7 Å². The Hall–Kier alpha value is -3.59. The van der Waals surface area contributed by atoms with Crippen LogP contribution >= 0.6 is 0 Å². The van der Waals surface area contributed by atoms with Crippen LogP contribution in [0.15, 0.2) is 59.6 Å². The normalized spacial score (nSPS) is 24.2. The second-order valence-electron chi connectivity index (χ2n) is 9.83. The first-order chi connectivity index (χ1) is 17.6. The van der Waals surface area contributed by atoms with E-state index < -0.39 is 12.2 Å². The van der Waals surface area contributed by atoms with E-state index in [9.17, 15) is 9.59 Å². The second kappa shape index (κ2) is 9.46. The Morgan fingerprint density at radius 3 is 2.33 bits per heavy atom. The number of aliphatic imine (C=N–C) groups is 1. The van der Waals surface area contributed by atoms with Crippen LogP contribution < -0.4 is 9.64 Å². The number of anilines is 1. The number of nitrogens with zero attached hydrogens (tertiary/aromatic N) is 6. The van der Waals surface area contributed by atoms with Gasteiger partial charge in [-0.1, -0.05) is 24.6 Å². The highest BCUT2D eigenvalue weighted by atomic mass is 16.5. The van der Waals surface area contributed by atoms with Crippen LogP contribution in [0.4, 0.5) is 10.5 Å². The van der Waals surface area contributed by atoms with Crippen LogP contribution in [0.1, 0.15) is 19.3 Å². The number of likely N-dealkylation sites (N-methyl/N-ethyl adjacent to an activating group) is 1. The lowest BCUT2D eigenvalue weighted by atomic mass is 10.1. The molecule has 9 nitrogen and oxygen atoms in total. The lowest BCUT2D eigenvalue weighted by molar-refractivity contribution is -0.137. The average molecular weight is 489 g/mol. The fourth-order valence-electron chi connectivity index (χ4n) is 5.63. The maximum atomic E-state index is 13.5. The number of piperidine rings is 1. The van der Waals surface area contributed by atoms with Crippen molar-refractivity contribution in [2.75, 3.05) is 51.2 Å². The molecule has 2 aromatic rings. The molecule has 2 atom stereocenters. The molecule has 36 heavy (non-hydrogen) atoms. The third-order valence-electron chi connectivity index (χ3n) is 7.59. The van der Waals surface area contributed by atoms with E-state index in [4.69, 9.17) is 9.73 Å². The standard InChI is InChI=1S/C27H32N6O3/c1-29-24-23(25(34)33(27(29)35)17-16-30-14-6-3-7-15-30)32-19-18-31(26(32)28-24)20-10-12-22(13-11-20)36-21-8-4-2-5-9-21/h2,4-5,8-13,23-24H,3,6-7,14-19H2,1H3. The minimum atomic E-state index is -0.491. The first-order valence-corrected chi connectivity index (χ1v) is 12.9. The van der Waals surface area contributed by atoms with Crippen LogP contribution in [0.5, 0.6) is 11.5 Å². The van der Waals surface area contributed by atoms with Crippen molar-refractivity contribution in [3.63, 3.8) is 0 Å². The molecule has 3 fully saturated rings. The number of rotatable bonds is 6. The van der Waals surface area contributed by atoms with Crippen molar-refractivity contribution in [1.82, 2.24) is 19.6 Å². The van der Waals surface area contributed by atoms with Crippen molar-refractivity contribution in [2.24, 2.45) is 4.99 Å². The zero-order valence-corrected chi connectivity index (χ0v) is 20.6. The molecular formula is C27H32N6O3. The summed E-state index contributed by atoms with van der Waals surface area (Å²) in [5.41, 5.74) is 0.985. The number of carbonyl (C=O) groups is 2. The summed E-state index contributed by atoms with van der Waals surface area (Å²) in [5.74, 6) is 2.17. The van der Waals surface area contributed by atoms with Crippen LogP contribution in [0, 0.1) is 0 Å². The largest absolute Gasteiger partial charge is 0.457 e. The van der Waals surface area contributed by atoms with Gasteiger partial charge in [-0.05, 0) is 62.3 Å². The smallest absolute Gasteiger partial charge is 0.328 e. The van der Waals surface area contributed by atoms with Gasteiger partial charge in [-0.15, -0.1) is 0 Å². The van der Waals surface area contributed by atoms with E-state index in [1.165, 1.54) is 24.2 Å². The molecule has 188 valence electrons. The lowest BCUT2D eigenvalue weighted by Gasteiger charge is -2.41. The monoisotopic (exact) mass is 488 g/mol. The summed E-state index contributed by atoms with van der Waals surface area (Å²) in [7, 11) is 1.76. The summed E-state index contributed by atoms with van der Waals surface area (Å²) in [6.45, 7) is 4.68. The van der Waals surface area contributed by atoms with Gasteiger partial charge in [-0.25, -0.2) is 9.79 Å². The Morgan fingerprint density at radius 2 is 1.58 bits per heavy atom. The van der Waals surface area contributed by atoms with Gasteiger partial charge in [-0.3, -0.25) is 9.69 Å². The number of urea groups is 1. The molecule has 0 N–H and O–H groups in total.